The highest BCUT2D eigenvalue weighted by Crippen LogP contribution is 2.51. The largest absolute Gasteiger partial charge is 0.508 e. The van der Waals surface area contributed by atoms with Crippen molar-refractivity contribution in [1.82, 2.24) is 4.98 Å². The number of aromatic hydroxyl groups is 2. The van der Waals surface area contributed by atoms with E-state index in [0.29, 0.717) is 33.4 Å². The Morgan fingerprint density at radius 1 is 0.825 bits per heavy atom. The number of hydrogen-bond donors (Lipinski definition) is 2. The van der Waals surface area contributed by atoms with Gasteiger partial charge in [-0.1, -0.05) is 41.7 Å². The van der Waals surface area contributed by atoms with Crippen molar-refractivity contribution in [3.05, 3.63) is 96.6 Å². The molecule has 4 aromatic carbocycles. The van der Waals surface area contributed by atoms with Crippen molar-refractivity contribution >= 4 is 67.1 Å². The molecule has 1 aromatic heterocycles. The molecule has 0 spiro atoms. The molecule has 9 nitrogen and oxygen atoms in total. The van der Waals surface area contributed by atoms with Gasteiger partial charge in [-0.3, -0.25) is 9.69 Å². The van der Waals surface area contributed by atoms with Crippen LogP contribution in [-0.4, -0.2) is 26.4 Å². The van der Waals surface area contributed by atoms with Crippen LogP contribution < -0.4 is 4.90 Å². The van der Waals surface area contributed by atoms with Crippen molar-refractivity contribution in [2.45, 2.75) is 17.5 Å². The average molecular weight is 567 g/mol. The van der Waals surface area contributed by atoms with E-state index in [2.05, 4.69) is 25.4 Å². The molecule has 1 saturated heterocycles. The van der Waals surface area contributed by atoms with Crippen LogP contribution in [0, 0.1) is 0 Å². The van der Waals surface area contributed by atoms with E-state index in [1.54, 1.807) is 18.2 Å². The molecule has 2 N–H and O–H groups in total. The fraction of sp³-hybridized carbons (Fsp3) is 0.103. The lowest BCUT2D eigenvalue weighted by Gasteiger charge is -2.26. The minimum absolute atomic E-state index is 0.0101. The molecule has 0 saturated carbocycles. The van der Waals surface area contributed by atoms with Crippen molar-refractivity contribution in [1.29, 1.82) is 0 Å². The predicted molar refractivity (Wildman–Crippen MR) is 158 cm³/mol. The summed E-state index contributed by atoms with van der Waals surface area (Å²) >= 11 is 2.81. The number of rotatable bonds is 6. The van der Waals surface area contributed by atoms with Gasteiger partial charge >= 0.3 is 0 Å². The molecule has 0 bridgehead atoms. The Kier molecular flexibility index (Phi) is 6.97. The van der Waals surface area contributed by atoms with E-state index >= 15 is 0 Å². The molecule has 6 rings (SSSR count). The molecule has 1 amide bonds. The number of anilines is 1. The monoisotopic (exact) mass is 566 g/mol. The molecule has 1 fully saturated rings. The zero-order chi connectivity index (χ0) is 27.6. The van der Waals surface area contributed by atoms with E-state index in [1.165, 1.54) is 46.2 Å². The van der Waals surface area contributed by atoms with Crippen LogP contribution in [0.3, 0.4) is 0 Å². The van der Waals surface area contributed by atoms with Gasteiger partial charge in [0.15, 0.2) is 0 Å². The van der Waals surface area contributed by atoms with Crippen LogP contribution in [0.25, 0.3) is 10.2 Å². The molecule has 1 aliphatic rings. The Balaban J connectivity index is 1.36. The van der Waals surface area contributed by atoms with Crippen LogP contribution in [0.5, 0.6) is 11.5 Å². The van der Waals surface area contributed by atoms with E-state index in [-0.39, 0.29) is 17.4 Å². The van der Waals surface area contributed by atoms with E-state index in [9.17, 15) is 15.0 Å². The smallest absolute Gasteiger partial charge is 0.241 e. The summed E-state index contributed by atoms with van der Waals surface area (Å²) in [5.41, 5.74) is 3.27. The number of thiazole rings is 1. The average Bonchev–Trinajstić information content (AvgIpc) is 3.52. The van der Waals surface area contributed by atoms with Crippen molar-refractivity contribution in [2.75, 3.05) is 4.90 Å². The van der Waals surface area contributed by atoms with Crippen LogP contribution >= 0.6 is 23.1 Å². The Morgan fingerprint density at radius 2 is 1.60 bits per heavy atom. The van der Waals surface area contributed by atoms with Gasteiger partial charge in [0.1, 0.15) is 22.6 Å². The van der Waals surface area contributed by atoms with Gasteiger partial charge < -0.3 is 10.2 Å². The lowest BCUT2D eigenvalue weighted by atomic mass is 10.1. The molecule has 2 unspecified atom stereocenters. The number of carbonyl (C=O) groups is 1. The summed E-state index contributed by atoms with van der Waals surface area (Å²) in [5, 5.41) is 38.0. The summed E-state index contributed by atoms with van der Waals surface area (Å²) in [6, 6.07) is 26.5. The number of amides is 1. The number of azo groups is 2. The van der Waals surface area contributed by atoms with Gasteiger partial charge in [0, 0.05) is 11.6 Å². The van der Waals surface area contributed by atoms with Gasteiger partial charge in [0.25, 0.3) is 0 Å². The minimum atomic E-state index is -0.604. The van der Waals surface area contributed by atoms with Crippen molar-refractivity contribution in [2.24, 2.45) is 20.5 Å². The fourth-order valence-electron chi connectivity index (χ4n) is 4.28. The third-order valence-corrected chi connectivity index (χ3v) is 8.46. The van der Waals surface area contributed by atoms with E-state index in [1.807, 2.05) is 61.5 Å². The summed E-state index contributed by atoms with van der Waals surface area (Å²) in [4.78, 5) is 19.5. The second-order valence-electron chi connectivity index (χ2n) is 8.95. The van der Waals surface area contributed by atoms with Crippen LogP contribution in [0.1, 0.15) is 17.9 Å². The Hall–Kier alpha value is -4.61. The van der Waals surface area contributed by atoms with Crippen LogP contribution in [0.4, 0.5) is 27.9 Å². The van der Waals surface area contributed by atoms with Crippen molar-refractivity contribution in [3.63, 3.8) is 0 Å². The maximum atomic E-state index is 13.4. The van der Waals surface area contributed by atoms with Gasteiger partial charge in [-0.25, -0.2) is 4.98 Å². The molecule has 0 radical (unpaired) electrons. The van der Waals surface area contributed by atoms with Gasteiger partial charge in [-0.05, 0) is 61.5 Å². The normalized spacial score (nSPS) is 17.5. The SMILES string of the molecule is CC1SC(c2cc(N=Nc3nc4ccccc4s3)ccc2O)N(c2cc(O)ccc2N=Nc2ccccc2)C1=O. The van der Waals surface area contributed by atoms with E-state index in [0.717, 1.165) is 10.2 Å². The van der Waals surface area contributed by atoms with Crippen LogP contribution in [-0.2, 0) is 4.79 Å². The number of carbonyl (C=O) groups excluding carboxylic acids is 1. The molecule has 0 aliphatic carbocycles. The number of aromatic nitrogens is 1. The predicted octanol–water partition coefficient (Wildman–Crippen LogP) is 8.71. The van der Waals surface area contributed by atoms with Crippen LogP contribution in [0.15, 0.2) is 111 Å². The number of nitrogens with zero attached hydrogens (tertiary/aromatic N) is 6. The molecule has 40 heavy (non-hydrogen) atoms. The summed E-state index contributed by atoms with van der Waals surface area (Å²) in [6.07, 6.45) is 0. The highest BCUT2D eigenvalue weighted by atomic mass is 32.2. The first-order valence-electron chi connectivity index (χ1n) is 12.3. The summed E-state index contributed by atoms with van der Waals surface area (Å²) in [6.45, 7) is 1.81. The number of phenolic OH excluding ortho intramolecular Hbond substituents is 2. The Bertz CT molecular complexity index is 1740. The topological polar surface area (TPSA) is 123 Å². The zero-order valence-corrected chi connectivity index (χ0v) is 22.8. The quantitative estimate of drug-likeness (QED) is 0.199. The number of thioether (sulfide) groups is 1. The first-order chi connectivity index (χ1) is 19.5. The number of benzene rings is 4. The molecular formula is C29H22N6O3S2. The summed E-state index contributed by atoms with van der Waals surface area (Å²) < 4.78 is 1.01. The van der Waals surface area contributed by atoms with Crippen molar-refractivity contribution in [3.8, 4) is 11.5 Å². The molecule has 2 heterocycles. The van der Waals surface area contributed by atoms with E-state index in [4.69, 9.17) is 0 Å². The van der Waals surface area contributed by atoms with Gasteiger partial charge in [-0.2, -0.15) is 5.11 Å². The summed E-state index contributed by atoms with van der Waals surface area (Å²) in [5.74, 6) is -0.194. The molecule has 11 heteroatoms. The number of para-hydroxylation sites is 1. The molecule has 1 aliphatic heterocycles. The lowest BCUT2D eigenvalue weighted by Crippen LogP contribution is -2.30. The number of hydrogen-bond acceptors (Lipinski definition) is 10. The molecule has 5 aromatic rings. The molecular weight excluding hydrogens is 544 g/mol. The second-order valence-corrected chi connectivity index (χ2v) is 11.4. The van der Waals surface area contributed by atoms with Gasteiger partial charge in [0.2, 0.25) is 11.0 Å². The maximum absolute atomic E-state index is 13.4. The zero-order valence-electron chi connectivity index (χ0n) is 21.1. The lowest BCUT2D eigenvalue weighted by molar-refractivity contribution is -0.117. The third-order valence-electron chi connectivity index (χ3n) is 6.21. The fourth-order valence-corrected chi connectivity index (χ4v) is 6.36. The molecule has 198 valence electrons. The first kappa shape index (κ1) is 25.7. The maximum Gasteiger partial charge on any atom is 0.241 e. The highest BCUT2D eigenvalue weighted by molar-refractivity contribution is 8.01. The molecule has 2 atom stereocenters. The Labute approximate surface area is 237 Å². The number of fused-ring (bicyclic) bond motifs is 1. The minimum Gasteiger partial charge on any atom is -0.508 e. The number of phenols is 2. The van der Waals surface area contributed by atoms with Gasteiger partial charge in [0.05, 0.1) is 32.5 Å². The Morgan fingerprint density at radius 3 is 2.42 bits per heavy atom. The second kappa shape index (κ2) is 10.9. The highest BCUT2D eigenvalue weighted by Gasteiger charge is 2.42. The van der Waals surface area contributed by atoms with Gasteiger partial charge in [-0.15, -0.1) is 27.1 Å². The first-order valence-corrected chi connectivity index (χ1v) is 14.1. The third kappa shape index (κ3) is 5.16. The summed E-state index contributed by atoms with van der Waals surface area (Å²) in [7, 11) is 0. The standard InChI is InChI=1S/C29H22N6O3S2/c1-17-27(38)35(24-16-20(36)12-13-22(24)33-31-18-7-3-2-4-8-18)28(39-17)21-15-19(11-14-25(21)37)32-34-29-30-23-9-5-6-10-26(23)40-29/h2-17,28,36-37H,1H3. The van der Waals surface area contributed by atoms with Crippen molar-refractivity contribution < 1.29 is 15.0 Å². The van der Waals surface area contributed by atoms with E-state index < -0.39 is 10.6 Å². The van der Waals surface area contributed by atoms with Crippen LogP contribution in [0.2, 0.25) is 0 Å².